The molecule has 4 heteroatoms. The lowest BCUT2D eigenvalue weighted by Crippen LogP contribution is -2.37. The predicted molar refractivity (Wildman–Crippen MR) is 77.6 cm³/mol. The molecule has 1 aromatic heterocycles. The summed E-state index contributed by atoms with van der Waals surface area (Å²) in [7, 11) is 0. The maximum Gasteiger partial charge on any atom is 0.232 e. The summed E-state index contributed by atoms with van der Waals surface area (Å²) in [6.45, 7) is 4.28. The molecular weight excluding hydrogens is 250 g/mol. The molecule has 3 rings (SSSR count). The first-order chi connectivity index (χ1) is 9.76. The zero-order valence-corrected chi connectivity index (χ0v) is 11.9. The molecule has 0 bridgehead atoms. The topological polar surface area (TPSA) is 51.0 Å². The normalized spacial score (nSPS) is 18.1. The molecule has 1 aromatic carbocycles. The van der Waals surface area contributed by atoms with Gasteiger partial charge in [-0.05, 0) is 37.9 Å². The number of hydrogen-bond acceptors (Lipinski definition) is 4. The van der Waals surface area contributed by atoms with Gasteiger partial charge in [0.25, 0.3) is 0 Å². The van der Waals surface area contributed by atoms with Crippen LogP contribution in [0.1, 0.15) is 37.0 Å². The minimum absolute atomic E-state index is 0.0449. The first-order valence-electron chi connectivity index (χ1n) is 7.34. The molecule has 0 atom stereocenters. The van der Waals surface area contributed by atoms with Gasteiger partial charge in [0.2, 0.25) is 5.89 Å². The lowest BCUT2D eigenvalue weighted by atomic mass is 9.81. The van der Waals surface area contributed by atoms with Crippen molar-refractivity contribution in [2.75, 3.05) is 13.1 Å². The number of rotatable bonds is 4. The number of benzene rings is 1. The van der Waals surface area contributed by atoms with E-state index in [-0.39, 0.29) is 5.41 Å². The van der Waals surface area contributed by atoms with Crippen LogP contribution in [0, 0.1) is 0 Å². The highest BCUT2D eigenvalue weighted by Gasteiger charge is 2.34. The Hall–Kier alpha value is -1.68. The molecule has 1 fully saturated rings. The van der Waals surface area contributed by atoms with Crippen molar-refractivity contribution < 1.29 is 4.52 Å². The van der Waals surface area contributed by atoms with E-state index in [2.05, 4.69) is 46.6 Å². The van der Waals surface area contributed by atoms with Crippen molar-refractivity contribution in [3.05, 3.63) is 47.6 Å². The van der Waals surface area contributed by atoms with Crippen LogP contribution in [-0.2, 0) is 18.3 Å². The maximum absolute atomic E-state index is 5.51. The summed E-state index contributed by atoms with van der Waals surface area (Å²) in [6, 6.07) is 10.4. The Labute approximate surface area is 119 Å². The van der Waals surface area contributed by atoms with Gasteiger partial charge in [-0.25, -0.2) is 0 Å². The fourth-order valence-electron chi connectivity index (χ4n) is 2.69. The third-order valence-corrected chi connectivity index (χ3v) is 4.17. The molecule has 0 saturated carbocycles. The largest absolute Gasteiger partial charge is 0.339 e. The molecular formula is C16H21N3O. The third kappa shape index (κ3) is 2.90. The van der Waals surface area contributed by atoms with Crippen molar-refractivity contribution >= 4 is 0 Å². The van der Waals surface area contributed by atoms with Crippen LogP contribution in [-0.4, -0.2) is 23.2 Å². The second kappa shape index (κ2) is 5.75. The maximum atomic E-state index is 5.51. The molecule has 0 radical (unpaired) electrons. The Morgan fingerprint density at radius 3 is 2.65 bits per heavy atom. The summed E-state index contributed by atoms with van der Waals surface area (Å²) >= 11 is 0. The van der Waals surface area contributed by atoms with Crippen LogP contribution < -0.4 is 5.32 Å². The molecule has 1 aliphatic rings. The predicted octanol–water partition coefficient (Wildman–Crippen LogP) is 2.50. The summed E-state index contributed by atoms with van der Waals surface area (Å²) in [5.74, 6) is 1.63. The summed E-state index contributed by atoms with van der Waals surface area (Å²) in [5.41, 5.74) is 1.36. The molecule has 0 unspecified atom stereocenters. The van der Waals surface area contributed by atoms with Crippen LogP contribution in [0.15, 0.2) is 34.9 Å². The van der Waals surface area contributed by atoms with Gasteiger partial charge in [0.15, 0.2) is 5.82 Å². The van der Waals surface area contributed by atoms with E-state index >= 15 is 0 Å². The van der Waals surface area contributed by atoms with Gasteiger partial charge in [-0.3, -0.25) is 0 Å². The summed E-state index contributed by atoms with van der Waals surface area (Å²) in [6.07, 6.45) is 3.92. The Morgan fingerprint density at radius 1 is 1.15 bits per heavy atom. The summed E-state index contributed by atoms with van der Waals surface area (Å²) in [5, 5.41) is 7.52. The van der Waals surface area contributed by atoms with E-state index in [0.717, 1.165) is 50.5 Å². The number of piperidine rings is 1. The Kier molecular flexibility index (Phi) is 3.83. The van der Waals surface area contributed by atoms with Crippen LogP contribution >= 0.6 is 0 Å². The SMILES string of the molecule is CC1(c2nc(CCc3ccccc3)no2)CCNCC1. The van der Waals surface area contributed by atoms with Gasteiger partial charge in [0.1, 0.15) is 0 Å². The Morgan fingerprint density at radius 2 is 1.90 bits per heavy atom. The van der Waals surface area contributed by atoms with Gasteiger partial charge in [-0.1, -0.05) is 42.4 Å². The number of nitrogens with zero attached hydrogens (tertiary/aromatic N) is 2. The molecule has 1 aliphatic heterocycles. The van der Waals surface area contributed by atoms with Crippen LogP contribution in [0.25, 0.3) is 0 Å². The Bertz CT molecular complexity index is 544. The summed E-state index contributed by atoms with van der Waals surface area (Å²) in [4.78, 5) is 4.62. The second-order valence-corrected chi connectivity index (χ2v) is 5.81. The van der Waals surface area contributed by atoms with E-state index in [9.17, 15) is 0 Å². The minimum atomic E-state index is 0.0449. The van der Waals surface area contributed by atoms with E-state index in [1.54, 1.807) is 0 Å². The first kappa shape index (κ1) is 13.3. The van der Waals surface area contributed by atoms with Crippen molar-refractivity contribution in [1.82, 2.24) is 15.5 Å². The van der Waals surface area contributed by atoms with E-state index in [0.29, 0.717) is 0 Å². The molecule has 2 aromatic rings. The lowest BCUT2D eigenvalue weighted by Gasteiger charge is -2.30. The molecule has 2 heterocycles. The number of aryl methyl sites for hydroxylation is 2. The zero-order chi connectivity index (χ0) is 13.8. The van der Waals surface area contributed by atoms with Gasteiger partial charge in [0, 0.05) is 11.8 Å². The van der Waals surface area contributed by atoms with Crippen molar-refractivity contribution in [3.63, 3.8) is 0 Å². The number of nitrogens with one attached hydrogen (secondary N) is 1. The second-order valence-electron chi connectivity index (χ2n) is 5.81. The van der Waals surface area contributed by atoms with Crippen LogP contribution in [0.4, 0.5) is 0 Å². The van der Waals surface area contributed by atoms with Crippen LogP contribution in [0.2, 0.25) is 0 Å². The number of aromatic nitrogens is 2. The van der Waals surface area contributed by atoms with Crippen LogP contribution in [0.3, 0.4) is 0 Å². The fraction of sp³-hybridized carbons (Fsp3) is 0.500. The molecule has 0 aliphatic carbocycles. The molecule has 4 nitrogen and oxygen atoms in total. The third-order valence-electron chi connectivity index (χ3n) is 4.17. The van der Waals surface area contributed by atoms with Gasteiger partial charge >= 0.3 is 0 Å². The zero-order valence-electron chi connectivity index (χ0n) is 11.9. The monoisotopic (exact) mass is 271 g/mol. The Balaban J connectivity index is 1.65. The fourth-order valence-corrected chi connectivity index (χ4v) is 2.69. The first-order valence-corrected chi connectivity index (χ1v) is 7.34. The van der Waals surface area contributed by atoms with E-state index in [1.807, 2.05) is 6.07 Å². The molecule has 0 amide bonds. The van der Waals surface area contributed by atoms with Crippen molar-refractivity contribution in [1.29, 1.82) is 0 Å². The van der Waals surface area contributed by atoms with Gasteiger partial charge in [-0.15, -0.1) is 0 Å². The smallest absolute Gasteiger partial charge is 0.232 e. The van der Waals surface area contributed by atoms with Gasteiger partial charge in [-0.2, -0.15) is 4.98 Å². The highest BCUT2D eigenvalue weighted by Crippen LogP contribution is 2.31. The highest BCUT2D eigenvalue weighted by atomic mass is 16.5. The van der Waals surface area contributed by atoms with Crippen molar-refractivity contribution in [2.45, 2.75) is 38.0 Å². The molecule has 20 heavy (non-hydrogen) atoms. The van der Waals surface area contributed by atoms with Crippen molar-refractivity contribution in [3.8, 4) is 0 Å². The lowest BCUT2D eigenvalue weighted by molar-refractivity contribution is 0.240. The van der Waals surface area contributed by atoms with E-state index in [4.69, 9.17) is 4.52 Å². The highest BCUT2D eigenvalue weighted by molar-refractivity contribution is 5.15. The molecule has 106 valence electrons. The van der Waals surface area contributed by atoms with Crippen LogP contribution in [0.5, 0.6) is 0 Å². The molecule has 1 N–H and O–H groups in total. The molecule has 0 spiro atoms. The average Bonchev–Trinajstić information content (AvgIpc) is 2.97. The van der Waals surface area contributed by atoms with E-state index in [1.165, 1.54) is 5.56 Å². The minimum Gasteiger partial charge on any atom is -0.339 e. The van der Waals surface area contributed by atoms with Crippen molar-refractivity contribution in [2.24, 2.45) is 0 Å². The van der Waals surface area contributed by atoms with Gasteiger partial charge < -0.3 is 9.84 Å². The quantitative estimate of drug-likeness (QED) is 0.928. The van der Waals surface area contributed by atoms with Gasteiger partial charge in [0.05, 0.1) is 0 Å². The summed E-state index contributed by atoms with van der Waals surface area (Å²) < 4.78 is 5.51. The molecule has 1 saturated heterocycles. The van der Waals surface area contributed by atoms with E-state index < -0.39 is 0 Å². The standard InChI is InChI=1S/C16H21N3O/c1-16(9-11-17-12-10-16)15-18-14(19-20-15)8-7-13-5-3-2-4-6-13/h2-6,17H,7-12H2,1H3. The number of hydrogen-bond donors (Lipinski definition) is 1. The average molecular weight is 271 g/mol.